The van der Waals surface area contributed by atoms with E-state index in [1.54, 1.807) is 14.1 Å². The Labute approximate surface area is 116 Å². The third kappa shape index (κ3) is 2.81. The van der Waals surface area contributed by atoms with Crippen LogP contribution in [0.5, 0.6) is 0 Å². The fourth-order valence-corrected chi connectivity index (χ4v) is 2.11. The molecule has 108 valence electrons. The SMILES string of the molecule is CN(C)C(=O)CNC(=O)c1c[nH]c(=O)c2c1CCCN2. The van der Waals surface area contributed by atoms with Gasteiger partial charge in [-0.2, -0.15) is 0 Å². The van der Waals surface area contributed by atoms with Crippen LogP contribution >= 0.6 is 0 Å². The number of fused-ring (bicyclic) bond motifs is 1. The number of carbonyl (C=O) groups is 2. The molecule has 0 saturated carbocycles. The Hall–Kier alpha value is -2.31. The number of rotatable bonds is 3. The lowest BCUT2D eigenvalue weighted by Crippen LogP contribution is -2.37. The van der Waals surface area contributed by atoms with Crippen LogP contribution < -0.4 is 16.2 Å². The Morgan fingerprint density at radius 3 is 2.85 bits per heavy atom. The number of H-pyrrole nitrogens is 1. The number of nitrogens with zero attached hydrogens (tertiary/aromatic N) is 1. The molecule has 0 aromatic carbocycles. The molecular formula is C13H18N4O3. The average Bonchev–Trinajstić information content (AvgIpc) is 2.45. The van der Waals surface area contributed by atoms with Gasteiger partial charge in [-0.15, -0.1) is 0 Å². The van der Waals surface area contributed by atoms with E-state index in [1.807, 2.05) is 0 Å². The smallest absolute Gasteiger partial charge is 0.271 e. The lowest BCUT2D eigenvalue weighted by Gasteiger charge is -2.19. The van der Waals surface area contributed by atoms with E-state index in [-0.39, 0.29) is 23.9 Å². The standard InChI is InChI=1S/C13H18N4O3/c1-17(2)10(18)7-16-12(19)9-6-15-13(20)11-8(9)4-3-5-14-11/h6,14H,3-5,7H2,1-2H3,(H,15,20)(H,16,19). The summed E-state index contributed by atoms with van der Waals surface area (Å²) < 4.78 is 0. The van der Waals surface area contributed by atoms with Crippen molar-refractivity contribution in [3.05, 3.63) is 27.7 Å². The summed E-state index contributed by atoms with van der Waals surface area (Å²) in [6, 6.07) is 0. The maximum atomic E-state index is 12.1. The van der Waals surface area contributed by atoms with Crippen molar-refractivity contribution >= 4 is 17.5 Å². The Kier molecular flexibility index (Phi) is 4.07. The second-order valence-corrected chi connectivity index (χ2v) is 4.89. The molecule has 0 radical (unpaired) electrons. The van der Waals surface area contributed by atoms with Gasteiger partial charge in [0.05, 0.1) is 12.1 Å². The van der Waals surface area contributed by atoms with Crippen molar-refractivity contribution < 1.29 is 9.59 Å². The Balaban J connectivity index is 2.19. The largest absolute Gasteiger partial charge is 0.380 e. The molecule has 1 aliphatic heterocycles. The van der Waals surface area contributed by atoms with Crippen LogP contribution in [0.15, 0.2) is 11.0 Å². The van der Waals surface area contributed by atoms with E-state index < -0.39 is 0 Å². The average molecular weight is 278 g/mol. The van der Waals surface area contributed by atoms with E-state index in [0.29, 0.717) is 17.7 Å². The van der Waals surface area contributed by atoms with Gasteiger partial charge in [-0.1, -0.05) is 0 Å². The number of carbonyl (C=O) groups excluding carboxylic acids is 2. The topological polar surface area (TPSA) is 94.3 Å². The van der Waals surface area contributed by atoms with Gasteiger partial charge in [-0.25, -0.2) is 0 Å². The Morgan fingerprint density at radius 1 is 1.40 bits per heavy atom. The molecule has 0 aliphatic carbocycles. The van der Waals surface area contributed by atoms with Crippen LogP contribution in [-0.4, -0.2) is 48.9 Å². The molecule has 0 unspecified atom stereocenters. The maximum Gasteiger partial charge on any atom is 0.271 e. The highest BCUT2D eigenvalue weighted by atomic mass is 16.2. The van der Waals surface area contributed by atoms with Crippen LogP contribution in [0.25, 0.3) is 0 Å². The van der Waals surface area contributed by atoms with Crippen molar-refractivity contribution in [2.75, 3.05) is 32.5 Å². The number of amides is 2. The van der Waals surface area contributed by atoms with Gasteiger partial charge in [0.1, 0.15) is 5.69 Å². The number of anilines is 1. The minimum absolute atomic E-state index is 0.0623. The van der Waals surface area contributed by atoms with Gasteiger partial charge >= 0.3 is 0 Å². The molecular weight excluding hydrogens is 260 g/mol. The molecule has 2 rings (SSSR count). The number of likely N-dealkylation sites (N-methyl/N-ethyl adjacent to an activating group) is 1. The fraction of sp³-hybridized carbons (Fsp3) is 0.462. The van der Waals surface area contributed by atoms with E-state index in [0.717, 1.165) is 18.5 Å². The molecule has 1 aromatic heterocycles. The Bertz CT molecular complexity index is 592. The van der Waals surface area contributed by atoms with Gasteiger partial charge in [0.25, 0.3) is 11.5 Å². The zero-order valence-corrected chi connectivity index (χ0v) is 11.6. The highest BCUT2D eigenvalue weighted by molar-refractivity contribution is 5.98. The number of pyridine rings is 1. The highest BCUT2D eigenvalue weighted by Crippen LogP contribution is 2.20. The summed E-state index contributed by atoms with van der Waals surface area (Å²) in [4.78, 5) is 39.2. The first kappa shape index (κ1) is 14.1. The minimum Gasteiger partial charge on any atom is -0.380 e. The van der Waals surface area contributed by atoms with Crippen LogP contribution in [0.4, 0.5) is 5.69 Å². The quantitative estimate of drug-likeness (QED) is 0.698. The molecule has 3 N–H and O–H groups in total. The van der Waals surface area contributed by atoms with Crippen LogP contribution in [0.3, 0.4) is 0 Å². The Morgan fingerprint density at radius 2 is 2.15 bits per heavy atom. The second kappa shape index (κ2) is 5.77. The van der Waals surface area contributed by atoms with Gasteiger partial charge in [0, 0.05) is 26.8 Å². The van der Waals surface area contributed by atoms with Gasteiger partial charge in [0.2, 0.25) is 5.91 Å². The number of aromatic nitrogens is 1. The summed E-state index contributed by atoms with van der Waals surface area (Å²) in [6.07, 6.45) is 2.95. The zero-order valence-electron chi connectivity index (χ0n) is 11.6. The third-order valence-corrected chi connectivity index (χ3v) is 3.25. The van der Waals surface area contributed by atoms with E-state index in [4.69, 9.17) is 0 Å². The molecule has 0 atom stereocenters. The van der Waals surface area contributed by atoms with Crippen LogP contribution in [-0.2, 0) is 11.2 Å². The number of nitrogens with one attached hydrogen (secondary N) is 3. The monoisotopic (exact) mass is 278 g/mol. The molecule has 7 heteroatoms. The van der Waals surface area contributed by atoms with E-state index in [9.17, 15) is 14.4 Å². The molecule has 0 spiro atoms. The van der Waals surface area contributed by atoms with Crippen LogP contribution in [0.1, 0.15) is 22.3 Å². The van der Waals surface area contributed by atoms with Crippen molar-refractivity contribution in [2.24, 2.45) is 0 Å². The third-order valence-electron chi connectivity index (χ3n) is 3.25. The zero-order chi connectivity index (χ0) is 14.7. The summed E-state index contributed by atoms with van der Waals surface area (Å²) in [5, 5.41) is 5.58. The lowest BCUT2D eigenvalue weighted by atomic mass is 9.99. The number of hydrogen-bond donors (Lipinski definition) is 3. The summed E-state index contributed by atoms with van der Waals surface area (Å²) >= 11 is 0. The summed E-state index contributed by atoms with van der Waals surface area (Å²) in [5.41, 5.74) is 1.37. The molecule has 2 amide bonds. The normalized spacial score (nSPS) is 13.1. The lowest BCUT2D eigenvalue weighted by molar-refractivity contribution is -0.127. The fourth-order valence-electron chi connectivity index (χ4n) is 2.11. The van der Waals surface area contributed by atoms with Crippen molar-refractivity contribution in [3.8, 4) is 0 Å². The first-order chi connectivity index (χ1) is 9.50. The molecule has 1 aromatic rings. The highest BCUT2D eigenvalue weighted by Gasteiger charge is 2.20. The maximum absolute atomic E-state index is 12.1. The van der Waals surface area contributed by atoms with Crippen molar-refractivity contribution in [1.82, 2.24) is 15.2 Å². The van der Waals surface area contributed by atoms with Crippen molar-refractivity contribution in [1.29, 1.82) is 0 Å². The van der Waals surface area contributed by atoms with Crippen LogP contribution in [0.2, 0.25) is 0 Å². The van der Waals surface area contributed by atoms with Gasteiger partial charge < -0.3 is 20.5 Å². The van der Waals surface area contributed by atoms with E-state index in [1.165, 1.54) is 11.1 Å². The molecule has 0 bridgehead atoms. The number of hydrogen-bond acceptors (Lipinski definition) is 4. The molecule has 1 aliphatic rings. The first-order valence-corrected chi connectivity index (χ1v) is 6.47. The molecule has 7 nitrogen and oxygen atoms in total. The van der Waals surface area contributed by atoms with Gasteiger partial charge in [-0.3, -0.25) is 14.4 Å². The van der Waals surface area contributed by atoms with Gasteiger partial charge in [-0.05, 0) is 18.4 Å². The first-order valence-electron chi connectivity index (χ1n) is 6.47. The van der Waals surface area contributed by atoms with Crippen molar-refractivity contribution in [2.45, 2.75) is 12.8 Å². The molecule has 0 fully saturated rings. The summed E-state index contributed by atoms with van der Waals surface area (Å²) in [5.74, 6) is -0.536. The molecule has 0 saturated heterocycles. The molecule has 2 heterocycles. The second-order valence-electron chi connectivity index (χ2n) is 4.89. The minimum atomic E-state index is -0.351. The van der Waals surface area contributed by atoms with Gasteiger partial charge in [0.15, 0.2) is 0 Å². The van der Waals surface area contributed by atoms with E-state index in [2.05, 4.69) is 15.6 Å². The van der Waals surface area contributed by atoms with Crippen molar-refractivity contribution in [3.63, 3.8) is 0 Å². The van der Waals surface area contributed by atoms with Crippen LogP contribution in [0, 0.1) is 0 Å². The van der Waals surface area contributed by atoms with E-state index >= 15 is 0 Å². The predicted molar refractivity (Wildman–Crippen MR) is 74.9 cm³/mol. The predicted octanol–water partition coefficient (Wildman–Crippen LogP) is -0.449. The summed E-state index contributed by atoms with van der Waals surface area (Å²) in [7, 11) is 3.25. The summed E-state index contributed by atoms with van der Waals surface area (Å²) in [6.45, 7) is 0.660. The molecule has 20 heavy (non-hydrogen) atoms. The number of aromatic amines is 1.